The number of halogens is 1. The molecule has 1 atom stereocenters. The van der Waals surface area contributed by atoms with E-state index in [0.29, 0.717) is 5.02 Å². The highest BCUT2D eigenvalue weighted by molar-refractivity contribution is 6.31. The van der Waals surface area contributed by atoms with Crippen molar-refractivity contribution in [1.82, 2.24) is 9.97 Å². The van der Waals surface area contributed by atoms with Crippen LogP contribution in [-0.4, -0.2) is 15.9 Å². The van der Waals surface area contributed by atoms with E-state index in [-0.39, 0.29) is 11.8 Å². The van der Waals surface area contributed by atoms with Gasteiger partial charge in [-0.1, -0.05) is 17.7 Å². The molecule has 1 aromatic heterocycles. The van der Waals surface area contributed by atoms with Gasteiger partial charge in [-0.2, -0.15) is 0 Å². The number of hydrogen-bond donors (Lipinski definition) is 2. The SMILES string of the molecule is Cc1nc2c([nH]1)CC(C(=O)Nc1ccc(C)c(Cl)c1)CC2. The first kappa shape index (κ1) is 14.1. The van der Waals surface area contributed by atoms with Crippen molar-refractivity contribution in [2.24, 2.45) is 5.92 Å². The Bertz CT molecular complexity index is 693. The third-order valence-corrected chi connectivity index (χ3v) is 4.38. The van der Waals surface area contributed by atoms with Crippen molar-refractivity contribution in [1.29, 1.82) is 0 Å². The van der Waals surface area contributed by atoms with Crippen molar-refractivity contribution in [3.63, 3.8) is 0 Å². The molecule has 1 heterocycles. The van der Waals surface area contributed by atoms with E-state index in [1.807, 2.05) is 26.0 Å². The molecule has 1 unspecified atom stereocenters. The Balaban J connectivity index is 1.70. The molecule has 1 amide bonds. The molecule has 1 aliphatic rings. The molecule has 0 radical (unpaired) electrons. The molecular formula is C16H18ClN3O. The van der Waals surface area contributed by atoms with Crippen molar-refractivity contribution in [3.8, 4) is 0 Å². The van der Waals surface area contributed by atoms with E-state index in [0.717, 1.165) is 47.7 Å². The van der Waals surface area contributed by atoms with Gasteiger partial charge in [-0.15, -0.1) is 0 Å². The van der Waals surface area contributed by atoms with E-state index in [9.17, 15) is 4.79 Å². The van der Waals surface area contributed by atoms with Crippen molar-refractivity contribution < 1.29 is 4.79 Å². The van der Waals surface area contributed by atoms with Crippen LogP contribution in [0.3, 0.4) is 0 Å². The monoisotopic (exact) mass is 303 g/mol. The zero-order valence-electron chi connectivity index (χ0n) is 12.2. The highest BCUT2D eigenvalue weighted by Gasteiger charge is 2.26. The highest BCUT2D eigenvalue weighted by atomic mass is 35.5. The number of amides is 1. The van der Waals surface area contributed by atoms with Crippen LogP contribution in [0.4, 0.5) is 5.69 Å². The Morgan fingerprint density at radius 3 is 3.00 bits per heavy atom. The number of aryl methyl sites for hydroxylation is 3. The van der Waals surface area contributed by atoms with E-state index >= 15 is 0 Å². The number of imidazole rings is 1. The summed E-state index contributed by atoms with van der Waals surface area (Å²) in [6.45, 7) is 3.89. The smallest absolute Gasteiger partial charge is 0.227 e. The summed E-state index contributed by atoms with van der Waals surface area (Å²) in [6.07, 6.45) is 2.41. The van der Waals surface area contributed by atoms with Crippen LogP contribution in [0.15, 0.2) is 18.2 Å². The number of carbonyl (C=O) groups is 1. The van der Waals surface area contributed by atoms with Crippen LogP contribution < -0.4 is 5.32 Å². The molecule has 0 spiro atoms. The van der Waals surface area contributed by atoms with Gasteiger partial charge in [0.15, 0.2) is 0 Å². The standard InChI is InChI=1S/C16H18ClN3O/c1-9-3-5-12(8-13(9)17)20-16(21)11-4-6-14-15(7-11)19-10(2)18-14/h3,5,8,11H,4,6-7H2,1-2H3,(H,18,19)(H,20,21). The first-order valence-corrected chi connectivity index (χ1v) is 7.52. The van der Waals surface area contributed by atoms with Crippen LogP contribution in [0.2, 0.25) is 5.02 Å². The van der Waals surface area contributed by atoms with Crippen molar-refractivity contribution >= 4 is 23.2 Å². The average Bonchev–Trinajstić information content (AvgIpc) is 2.82. The summed E-state index contributed by atoms with van der Waals surface area (Å²) in [7, 11) is 0. The highest BCUT2D eigenvalue weighted by Crippen LogP contribution is 2.26. The number of carbonyl (C=O) groups excluding carboxylic acids is 1. The van der Waals surface area contributed by atoms with Crippen LogP contribution in [0.1, 0.15) is 29.2 Å². The molecule has 2 N–H and O–H groups in total. The lowest BCUT2D eigenvalue weighted by molar-refractivity contribution is -0.120. The van der Waals surface area contributed by atoms with Crippen molar-refractivity contribution in [2.45, 2.75) is 33.1 Å². The Hall–Kier alpha value is -1.81. The third kappa shape index (κ3) is 2.95. The topological polar surface area (TPSA) is 57.8 Å². The second-order valence-corrected chi connectivity index (χ2v) is 6.05. The Kier molecular flexibility index (Phi) is 3.72. The van der Waals surface area contributed by atoms with Gasteiger partial charge in [0.25, 0.3) is 0 Å². The van der Waals surface area contributed by atoms with Crippen molar-refractivity contribution in [2.75, 3.05) is 5.32 Å². The van der Waals surface area contributed by atoms with Gasteiger partial charge in [0.05, 0.1) is 5.69 Å². The minimum Gasteiger partial charge on any atom is -0.346 e. The first-order chi connectivity index (χ1) is 10.0. The summed E-state index contributed by atoms with van der Waals surface area (Å²) in [4.78, 5) is 20.1. The second kappa shape index (κ2) is 5.53. The largest absolute Gasteiger partial charge is 0.346 e. The van der Waals surface area contributed by atoms with Gasteiger partial charge in [0.2, 0.25) is 5.91 Å². The van der Waals surface area contributed by atoms with Gasteiger partial charge in [0.1, 0.15) is 5.82 Å². The van der Waals surface area contributed by atoms with Gasteiger partial charge in [-0.05, 0) is 44.4 Å². The van der Waals surface area contributed by atoms with Crippen LogP contribution >= 0.6 is 11.6 Å². The zero-order chi connectivity index (χ0) is 15.0. The molecule has 3 rings (SSSR count). The third-order valence-electron chi connectivity index (χ3n) is 3.97. The molecule has 0 saturated heterocycles. The lowest BCUT2D eigenvalue weighted by atomic mass is 9.89. The molecule has 4 nitrogen and oxygen atoms in total. The van der Waals surface area contributed by atoms with E-state index < -0.39 is 0 Å². The summed E-state index contributed by atoms with van der Waals surface area (Å²) in [5.41, 5.74) is 3.96. The number of nitrogens with one attached hydrogen (secondary N) is 2. The maximum atomic E-state index is 12.4. The molecule has 0 fully saturated rings. The molecule has 1 aliphatic carbocycles. The van der Waals surface area contributed by atoms with Crippen LogP contribution in [-0.2, 0) is 17.6 Å². The van der Waals surface area contributed by atoms with Gasteiger partial charge < -0.3 is 10.3 Å². The minimum absolute atomic E-state index is 0.0163. The van der Waals surface area contributed by atoms with Crippen molar-refractivity contribution in [3.05, 3.63) is 46.0 Å². The van der Waals surface area contributed by atoms with Crippen LogP contribution in [0.5, 0.6) is 0 Å². The normalized spacial score (nSPS) is 17.4. The quantitative estimate of drug-likeness (QED) is 0.893. The number of fused-ring (bicyclic) bond motifs is 1. The maximum Gasteiger partial charge on any atom is 0.227 e. The van der Waals surface area contributed by atoms with Gasteiger partial charge in [-0.3, -0.25) is 4.79 Å². The summed E-state index contributed by atoms with van der Waals surface area (Å²) in [5.74, 6) is 0.955. The van der Waals surface area contributed by atoms with Gasteiger partial charge >= 0.3 is 0 Å². The molecule has 21 heavy (non-hydrogen) atoms. The molecule has 2 aromatic rings. The molecule has 0 bridgehead atoms. The second-order valence-electron chi connectivity index (χ2n) is 5.64. The van der Waals surface area contributed by atoms with E-state index in [2.05, 4.69) is 15.3 Å². The fourth-order valence-corrected chi connectivity index (χ4v) is 2.94. The Labute approximate surface area is 128 Å². The van der Waals surface area contributed by atoms with E-state index in [1.165, 1.54) is 0 Å². The number of hydrogen-bond acceptors (Lipinski definition) is 2. The predicted molar refractivity (Wildman–Crippen MR) is 83.7 cm³/mol. The number of benzene rings is 1. The molecule has 5 heteroatoms. The molecule has 0 aliphatic heterocycles. The molecular weight excluding hydrogens is 286 g/mol. The minimum atomic E-state index is -0.0163. The predicted octanol–water partition coefficient (Wildman–Crippen LogP) is 3.42. The number of aromatic nitrogens is 2. The van der Waals surface area contributed by atoms with E-state index in [4.69, 9.17) is 11.6 Å². The number of rotatable bonds is 2. The number of anilines is 1. The fraction of sp³-hybridized carbons (Fsp3) is 0.375. The molecule has 110 valence electrons. The number of aromatic amines is 1. The lowest BCUT2D eigenvalue weighted by Crippen LogP contribution is -2.28. The average molecular weight is 304 g/mol. The fourth-order valence-electron chi connectivity index (χ4n) is 2.76. The maximum absolute atomic E-state index is 12.4. The number of H-pyrrole nitrogens is 1. The summed E-state index contributed by atoms with van der Waals surface area (Å²) in [6, 6.07) is 5.59. The zero-order valence-corrected chi connectivity index (χ0v) is 12.9. The molecule has 0 saturated carbocycles. The number of nitrogens with zero attached hydrogens (tertiary/aromatic N) is 1. The first-order valence-electron chi connectivity index (χ1n) is 7.14. The van der Waals surface area contributed by atoms with Crippen LogP contribution in [0.25, 0.3) is 0 Å². The lowest BCUT2D eigenvalue weighted by Gasteiger charge is -2.20. The Morgan fingerprint density at radius 2 is 2.24 bits per heavy atom. The Morgan fingerprint density at radius 1 is 1.43 bits per heavy atom. The summed E-state index contributed by atoms with van der Waals surface area (Å²) < 4.78 is 0. The summed E-state index contributed by atoms with van der Waals surface area (Å²) >= 11 is 6.09. The van der Waals surface area contributed by atoms with Gasteiger partial charge in [0, 0.05) is 28.7 Å². The van der Waals surface area contributed by atoms with Crippen LogP contribution in [0, 0.1) is 19.8 Å². The van der Waals surface area contributed by atoms with Gasteiger partial charge in [-0.25, -0.2) is 4.98 Å². The molecule has 1 aromatic carbocycles. The summed E-state index contributed by atoms with van der Waals surface area (Å²) in [5, 5.41) is 3.63. The van der Waals surface area contributed by atoms with E-state index in [1.54, 1.807) is 6.07 Å².